The van der Waals surface area contributed by atoms with Gasteiger partial charge in [-0.2, -0.15) is 0 Å². The fraction of sp³-hybridized carbons (Fsp3) is 0.462. The number of benzene rings is 1. The van der Waals surface area contributed by atoms with E-state index in [0.29, 0.717) is 17.1 Å². The fourth-order valence-electron chi connectivity index (χ4n) is 1.62. The van der Waals surface area contributed by atoms with Crippen LogP contribution in [0, 0.1) is 0 Å². The second-order valence-electron chi connectivity index (χ2n) is 4.73. The van der Waals surface area contributed by atoms with Gasteiger partial charge in [0.15, 0.2) is 9.84 Å². The molecule has 0 saturated carbocycles. The third-order valence-electron chi connectivity index (χ3n) is 3.00. The monoisotopic (exact) mass is 300 g/mol. The number of nitrogens with one attached hydrogen (secondary N) is 1. The summed E-state index contributed by atoms with van der Waals surface area (Å²) in [6, 6.07) is 4.75. The number of hydrogen-bond donors (Lipinski definition) is 2. The average Bonchev–Trinajstić information content (AvgIpc) is 2.37. The smallest absolute Gasteiger partial charge is 0.242 e. The van der Waals surface area contributed by atoms with Crippen molar-refractivity contribution in [3.05, 3.63) is 18.2 Å². The zero-order valence-corrected chi connectivity index (χ0v) is 12.8. The Balaban J connectivity index is 3.00. The fourth-order valence-corrected chi connectivity index (χ4v) is 2.79. The van der Waals surface area contributed by atoms with Gasteiger partial charge in [0.25, 0.3) is 0 Å². The highest BCUT2D eigenvalue weighted by atomic mass is 32.2. The lowest BCUT2D eigenvalue weighted by atomic mass is 10.2. The average molecular weight is 300 g/mol. The van der Waals surface area contributed by atoms with Crippen molar-refractivity contribution in [1.29, 1.82) is 0 Å². The zero-order chi connectivity index (χ0) is 15.5. The van der Waals surface area contributed by atoms with E-state index in [-0.39, 0.29) is 0 Å². The van der Waals surface area contributed by atoms with Gasteiger partial charge < -0.3 is 15.8 Å². The van der Waals surface area contributed by atoms with E-state index in [9.17, 15) is 13.2 Å². The summed E-state index contributed by atoms with van der Waals surface area (Å²) < 4.78 is 29.0. The number of carbonyl (C=O) groups excluding carboxylic acids is 1. The number of sulfone groups is 1. The molecule has 0 aliphatic rings. The summed E-state index contributed by atoms with van der Waals surface area (Å²) in [5.74, 6) is -0.190. The van der Waals surface area contributed by atoms with Crippen molar-refractivity contribution in [3.8, 4) is 5.75 Å². The van der Waals surface area contributed by atoms with Gasteiger partial charge in [-0.3, -0.25) is 4.79 Å². The Morgan fingerprint density at radius 3 is 2.40 bits per heavy atom. The molecule has 1 rings (SSSR count). The Hall–Kier alpha value is -1.76. The molecule has 1 atom stereocenters. The molecule has 0 aromatic heterocycles. The minimum absolute atomic E-state index is 0.350. The second-order valence-corrected chi connectivity index (χ2v) is 7.56. The Bertz CT molecular complexity index is 596. The highest BCUT2D eigenvalue weighted by Crippen LogP contribution is 2.27. The molecule has 0 heterocycles. The van der Waals surface area contributed by atoms with Crippen LogP contribution in [0.5, 0.6) is 5.75 Å². The minimum atomic E-state index is -3.51. The molecular formula is C13H20N2O4S. The zero-order valence-electron chi connectivity index (χ0n) is 12.0. The van der Waals surface area contributed by atoms with Crippen LogP contribution in [0.4, 0.5) is 11.4 Å². The summed E-state index contributed by atoms with van der Waals surface area (Å²) in [5, 5.41) is 0.776. The van der Waals surface area contributed by atoms with Crippen LogP contribution in [-0.4, -0.2) is 31.9 Å². The van der Waals surface area contributed by atoms with Crippen molar-refractivity contribution >= 4 is 27.1 Å². The predicted octanol–water partition coefficient (Wildman–Crippen LogP) is 1.43. The normalized spacial score (nSPS) is 13.1. The molecule has 0 saturated heterocycles. The van der Waals surface area contributed by atoms with Gasteiger partial charge >= 0.3 is 0 Å². The van der Waals surface area contributed by atoms with E-state index in [1.807, 2.05) is 0 Å². The molecule has 7 heteroatoms. The molecule has 1 aromatic carbocycles. The molecule has 0 radical (unpaired) electrons. The maximum absolute atomic E-state index is 12.1. The Morgan fingerprint density at radius 1 is 1.30 bits per heavy atom. The van der Waals surface area contributed by atoms with E-state index in [1.165, 1.54) is 20.1 Å². The summed E-state index contributed by atoms with van der Waals surface area (Å²) in [4.78, 5) is 12.1. The third kappa shape index (κ3) is 3.41. The number of ether oxygens (including phenoxy) is 1. The number of nitrogen functional groups attached to an aromatic ring is 1. The standard InChI is InChI=1S/C13H20N2O4S/c1-8(2)20(17,18)9(3)13(16)15-11-7-10(14)5-6-12(11)19-4/h5-9H,14H2,1-4H3,(H,15,16). The van der Waals surface area contributed by atoms with Crippen molar-refractivity contribution in [1.82, 2.24) is 0 Å². The Kier molecular flexibility index (Phi) is 4.99. The topological polar surface area (TPSA) is 98.5 Å². The first-order valence-corrected chi connectivity index (χ1v) is 7.78. The van der Waals surface area contributed by atoms with E-state index in [2.05, 4.69) is 5.32 Å². The summed E-state index contributed by atoms with van der Waals surface area (Å²) in [7, 11) is -2.06. The second kappa shape index (κ2) is 6.13. The summed E-state index contributed by atoms with van der Waals surface area (Å²) in [5.41, 5.74) is 6.44. The van der Waals surface area contributed by atoms with Crippen molar-refractivity contribution < 1.29 is 17.9 Å². The Labute approximate surface area is 119 Å². The van der Waals surface area contributed by atoms with Gasteiger partial charge in [0.2, 0.25) is 5.91 Å². The number of hydrogen-bond acceptors (Lipinski definition) is 5. The summed E-state index contributed by atoms with van der Waals surface area (Å²) >= 11 is 0. The van der Waals surface area contributed by atoms with Gasteiger partial charge in [0, 0.05) is 5.69 Å². The Morgan fingerprint density at radius 2 is 1.90 bits per heavy atom. The van der Waals surface area contributed by atoms with Crippen molar-refractivity contribution in [2.24, 2.45) is 0 Å². The molecular weight excluding hydrogens is 280 g/mol. The molecule has 1 aromatic rings. The lowest BCUT2D eigenvalue weighted by molar-refractivity contribution is -0.115. The van der Waals surface area contributed by atoms with Crippen LogP contribution in [0.25, 0.3) is 0 Å². The molecule has 0 aliphatic carbocycles. The lowest BCUT2D eigenvalue weighted by Crippen LogP contribution is -2.36. The maximum atomic E-state index is 12.1. The highest BCUT2D eigenvalue weighted by Gasteiger charge is 2.31. The molecule has 0 spiro atoms. The van der Waals surface area contributed by atoms with Gasteiger partial charge in [0.05, 0.1) is 18.0 Å². The van der Waals surface area contributed by atoms with Gasteiger partial charge in [0.1, 0.15) is 11.0 Å². The van der Waals surface area contributed by atoms with E-state index < -0.39 is 26.2 Å². The number of carbonyl (C=O) groups is 1. The number of rotatable bonds is 5. The van der Waals surface area contributed by atoms with Gasteiger partial charge in [-0.25, -0.2) is 8.42 Å². The first-order valence-electron chi connectivity index (χ1n) is 6.17. The molecule has 20 heavy (non-hydrogen) atoms. The van der Waals surface area contributed by atoms with E-state index in [0.717, 1.165) is 0 Å². The molecule has 3 N–H and O–H groups in total. The van der Waals surface area contributed by atoms with E-state index >= 15 is 0 Å². The number of nitrogens with two attached hydrogens (primary N) is 1. The maximum Gasteiger partial charge on any atom is 0.242 e. The van der Waals surface area contributed by atoms with Crippen LogP contribution in [0.15, 0.2) is 18.2 Å². The predicted molar refractivity (Wildman–Crippen MR) is 79.6 cm³/mol. The third-order valence-corrected chi connectivity index (χ3v) is 5.51. The van der Waals surface area contributed by atoms with Crippen molar-refractivity contribution in [2.75, 3.05) is 18.2 Å². The SMILES string of the molecule is COc1ccc(N)cc1NC(=O)C(C)S(=O)(=O)C(C)C. The molecule has 0 aliphatic heterocycles. The van der Waals surface area contributed by atoms with Crippen LogP contribution < -0.4 is 15.8 Å². The highest BCUT2D eigenvalue weighted by molar-refractivity contribution is 7.93. The molecule has 0 fully saturated rings. The summed E-state index contributed by atoms with van der Waals surface area (Å²) in [6.45, 7) is 4.45. The van der Waals surface area contributed by atoms with Crippen LogP contribution in [0.2, 0.25) is 0 Å². The first-order chi connectivity index (χ1) is 9.20. The summed E-state index contributed by atoms with van der Waals surface area (Å²) in [6.07, 6.45) is 0. The van der Waals surface area contributed by atoms with Crippen LogP contribution in [0.1, 0.15) is 20.8 Å². The van der Waals surface area contributed by atoms with Gasteiger partial charge in [-0.05, 0) is 39.0 Å². The van der Waals surface area contributed by atoms with E-state index in [4.69, 9.17) is 10.5 Å². The number of anilines is 2. The molecule has 6 nitrogen and oxygen atoms in total. The minimum Gasteiger partial charge on any atom is -0.495 e. The molecule has 1 amide bonds. The first kappa shape index (κ1) is 16.3. The van der Waals surface area contributed by atoms with Crippen LogP contribution in [0.3, 0.4) is 0 Å². The molecule has 0 bridgehead atoms. The van der Waals surface area contributed by atoms with Crippen LogP contribution >= 0.6 is 0 Å². The van der Waals surface area contributed by atoms with Crippen molar-refractivity contribution in [2.45, 2.75) is 31.3 Å². The molecule has 112 valence electrons. The number of amides is 1. The largest absolute Gasteiger partial charge is 0.495 e. The van der Waals surface area contributed by atoms with E-state index in [1.54, 1.807) is 26.0 Å². The molecule has 1 unspecified atom stereocenters. The van der Waals surface area contributed by atoms with Crippen LogP contribution in [-0.2, 0) is 14.6 Å². The van der Waals surface area contributed by atoms with Gasteiger partial charge in [-0.15, -0.1) is 0 Å². The van der Waals surface area contributed by atoms with Gasteiger partial charge in [-0.1, -0.05) is 0 Å². The quantitative estimate of drug-likeness (QED) is 0.801. The van der Waals surface area contributed by atoms with Crippen molar-refractivity contribution in [3.63, 3.8) is 0 Å². The lowest BCUT2D eigenvalue weighted by Gasteiger charge is -2.17. The number of methoxy groups -OCH3 is 1.